The average Bonchev–Trinajstić information content (AvgIpc) is 3.43. The Labute approximate surface area is 172 Å². The number of benzene rings is 3. The number of rotatable bonds is 3. The predicted octanol–water partition coefficient (Wildman–Crippen LogP) is 5.13. The molecule has 3 heterocycles. The molecule has 3 aromatic carbocycles. The number of hydrogen-bond donors (Lipinski definition) is 2. The summed E-state index contributed by atoms with van der Waals surface area (Å²) >= 11 is 0. The van der Waals surface area contributed by atoms with Crippen molar-refractivity contribution in [3.8, 4) is 34.1 Å². The van der Waals surface area contributed by atoms with Crippen molar-refractivity contribution < 1.29 is 9.47 Å². The van der Waals surface area contributed by atoms with Crippen molar-refractivity contribution in [2.75, 3.05) is 6.61 Å². The number of ether oxygens (including phenoxy) is 2. The van der Waals surface area contributed by atoms with Gasteiger partial charge in [0.15, 0.2) is 17.6 Å². The lowest BCUT2D eigenvalue weighted by molar-refractivity contribution is 0.0886. The standard InChI is InChI=1S/C24H18N4O2/c1-2-8-15(9-3-1)22-21(24-25-16-10-4-5-11-17(16)26-24)23(28-27-22)20-14-29-18-12-6-7-13-19(18)30-20/h1-13,20H,14H2,(H,25,26)(H,27,28)/t20-/m1/s1. The van der Waals surface area contributed by atoms with Gasteiger partial charge in [0, 0.05) is 5.56 Å². The Kier molecular flexibility index (Phi) is 3.81. The minimum absolute atomic E-state index is 0.326. The van der Waals surface area contributed by atoms with Gasteiger partial charge in [0.2, 0.25) is 0 Å². The van der Waals surface area contributed by atoms with Crippen molar-refractivity contribution in [2.24, 2.45) is 0 Å². The van der Waals surface area contributed by atoms with Gasteiger partial charge >= 0.3 is 0 Å². The fourth-order valence-electron chi connectivity index (χ4n) is 3.87. The number of aromatic amines is 2. The lowest BCUT2D eigenvalue weighted by Gasteiger charge is -2.26. The first kappa shape index (κ1) is 16.9. The number of aromatic nitrogens is 4. The molecule has 6 heteroatoms. The minimum Gasteiger partial charge on any atom is -0.485 e. The highest BCUT2D eigenvalue weighted by molar-refractivity contribution is 5.85. The SMILES string of the molecule is c1ccc(-c2n[nH]c([C@H]3COc4ccccc4O3)c2-c2nc3ccccc3[nH]2)cc1. The van der Waals surface area contributed by atoms with Gasteiger partial charge in [0.05, 0.1) is 22.3 Å². The zero-order chi connectivity index (χ0) is 19.9. The van der Waals surface area contributed by atoms with Crippen molar-refractivity contribution in [3.05, 3.63) is 84.6 Å². The lowest BCUT2D eigenvalue weighted by atomic mass is 10.0. The number of fused-ring (bicyclic) bond motifs is 2. The van der Waals surface area contributed by atoms with Crippen LogP contribution in [-0.4, -0.2) is 26.8 Å². The molecule has 0 saturated heterocycles. The van der Waals surface area contributed by atoms with Crippen LogP contribution >= 0.6 is 0 Å². The molecule has 1 aliphatic heterocycles. The Morgan fingerprint density at radius 3 is 2.47 bits per heavy atom. The highest BCUT2D eigenvalue weighted by Gasteiger charge is 2.30. The smallest absolute Gasteiger partial charge is 0.175 e. The fraction of sp³-hybridized carbons (Fsp3) is 0.0833. The first-order valence-corrected chi connectivity index (χ1v) is 9.84. The average molecular weight is 394 g/mol. The van der Waals surface area contributed by atoms with Crippen LogP contribution in [0.5, 0.6) is 11.5 Å². The van der Waals surface area contributed by atoms with Crippen molar-refractivity contribution in [1.29, 1.82) is 0 Å². The van der Waals surface area contributed by atoms with Crippen LogP contribution in [0.4, 0.5) is 0 Å². The predicted molar refractivity (Wildman–Crippen MR) is 114 cm³/mol. The molecule has 0 amide bonds. The molecular formula is C24H18N4O2. The van der Waals surface area contributed by atoms with Crippen LogP contribution in [0.1, 0.15) is 11.8 Å². The first-order chi connectivity index (χ1) is 14.9. The van der Waals surface area contributed by atoms with E-state index in [0.717, 1.165) is 50.9 Å². The molecule has 5 aromatic rings. The minimum atomic E-state index is -0.326. The number of nitrogens with one attached hydrogen (secondary N) is 2. The van der Waals surface area contributed by atoms with E-state index >= 15 is 0 Å². The molecule has 30 heavy (non-hydrogen) atoms. The monoisotopic (exact) mass is 394 g/mol. The molecule has 0 radical (unpaired) electrons. The third-order valence-electron chi connectivity index (χ3n) is 5.30. The largest absolute Gasteiger partial charge is 0.485 e. The van der Waals surface area contributed by atoms with E-state index in [1.165, 1.54) is 0 Å². The van der Waals surface area contributed by atoms with E-state index < -0.39 is 0 Å². The first-order valence-electron chi connectivity index (χ1n) is 9.84. The van der Waals surface area contributed by atoms with Gasteiger partial charge in [-0.05, 0) is 24.3 Å². The summed E-state index contributed by atoms with van der Waals surface area (Å²) in [5.74, 6) is 2.23. The zero-order valence-corrected chi connectivity index (χ0v) is 16.0. The van der Waals surface area contributed by atoms with Crippen LogP contribution in [0.15, 0.2) is 78.9 Å². The zero-order valence-electron chi connectivity index (χ0n) is 16.0. The summed E-state index contributed by atoms with van der Waals surface area (Å²) in [5.41, 5.74) is 5.45. The van der Waals surface area contributed by atoms with Crippen LogP contribution < -0.4 is 9.47 Å². The second kappa shape index (κ2) is 6.77. The number of imidazole rings is 1. The van der Waals surface area contributed by atoms with E-state index in [1.54, 1.807) is 0 Å². The van der Waals surface area contributed by atoms with Gasteiger partial charge in [0.1, 0.15) is 18.1 Å². The molecule has 0 saturated carbocycles. The van der Waals surface area contributed by atoms with E-state index in [-0.39, 0.29) is 6.10 Å². The molecule has 0 fully saturated rings. The van der Waals surface area contributed by atoms with Crippen LogP contribution in [-0.2, 0) is 0 Å². The normalized spacial score (nSPS) is 15.4. The van der Waals surface area contributed by atoms with E-state index in [4.69, 9.17) is 14.5 Å². The summed E-state index contributed by atoms with van der Waals surface area (Å²) in [5, 5.41) is 7.84. The summed E-state index contributed by atoms with van der Waals surface area (Å²) in [6.07, 6.45) is -0.326. The molecule has 0 unspecified atom stereocenters. The van der Waals surface area contributed by atoms with Gasteiger partial charge in [-0.3, -0.25) is 5.10 Å². The van der Waals surface area contributed by atoms with Crippen LogP contribution in [0.2, 0.25) is 0 Å². The Morgan fingerprint density at radius 1 is 0.833 bits per heavy atom. The summed E-state index contributed by atoms with van der Waals surface area (Å²) in [6.45, 7) is 0.390. The molecule has 0 aliphatic carbocycles. The van der Waals surface area contributed by atoms with Crippen LogP contribution in [0, 0.1) is 0 Å². The van der Waals surface area contributed by atoms with E-state index in [2.05, 4.69) is 15.2 Å². The molecule has 1 atom stereocenters. The quantitative estimate of drug-likeness (QED) is 0.445. The molecule has 0 bridgehead atoms. The van der Waals surface area contributed by atoms with Crippen molar-refractivity contribution in [1.82, 2.24) is 20.2 Å². The van der Waals surface area contributed by atoms with Crippen molar-refractivity contribution in [3.63, 3.8) is 0 Å². The maximum atomic E-state index is 6.27. The third kappa shape index (κ3) is 2.73. The van der Waals surface area contributed by atoms with Gasteiger partial charge < -0.3 is 14.5 Å². The molecule has 6 nitrogen and oxygen atoms in total. The van der Waals surface area contributed by atoms with E-state index in [9.17, 15) is 0 Å². The summed E-state index contributed by atoms with van der Waals surface area (Å²) < 4.78 is 12.2. The molecule has 146 valence electrons. The Hall–Kier alpha value is -4.06. The van der Waals surface area contributed by atoms with Crippen molar-refractivity contribution >= 4 is 11.0 Å². The molecule has 0 spiro atoms. The van der Waals surface area contributed by atoms with Crippen LogP contribution in [0.3, 0.4) is 0 Å². The molecular weight excluding hydrogens is 376 g/mol. The number of H-pyrrole nitrogens is 2. The molecule has 2 N–H and O–H groups in total. The summed E-state index contributed by atoms with van der Waals surface area (Å²) in [6, 6.07) is 25.8. The highest BCUT2D eigenvalue weighted by atomic mass is 16.6. The van der Waals surface area contributed by atoms with E-state index in [1.807, 2.05) is 78.9 Å². The van der Waals surface area contributed by atoms with Crippen molar-refractivity contribution in [2.45, 2.75) is 6.10 Å². The molecule has 6 rings (SSSR count). The van der Waals surface area contributed by atoms with E-state index in [0.29, 0.717) is 6.61 Å². The Bertz CT molecular complexity index is 1310. The molecule has 1 aliphatic rings. The third-order valence-corrected chi connectivity index (χ3v) is 5.30. The topological polar surface area (TPSA) is 75.8 Å². The number of para-hydroxylation sites is 4. The number of hydrogen-bond acceptors (Lipinski definition) is 4. The van der Waals surface area contributed by atoms with Gasteiger partial charge in [-0.2, -0.15) is 5.10 Å². The summed E-state index contributed by atoms with van der Waals surface area (Å²) in [7, 11) is 0. The lowest BCUT2D eigenvalue weighted by Crippen LogP contribution is -2.22. The second-order valence-electron chi connectivity index (χ2n) is 7.19. The van der Waals surface area contributed by atoms with Gasteiger partial charge in [-0.15, -0.1) is 0 Å². The fourth-order valence-corrected chi connectivity index (χ4v) is 3.87. The molecule has 2 aromatic heterocycles. The number of nitrogens with zero attached hydrogens (tertiary/aromatic N) is 2. The van der Waals surface area contributed by atoms with Gasteiger partial charge in [-0.25, -0.2) is 4.98 Å². The van der Waals surface area contributed by atoms with Crippen LogP contribution in [0.25, 0.3) is 33.7 Å². The Morgan fingerprint density at radius 2 is 1.60 bits per heavy atom. The maximum absolute atomic E-state index is 6.27. The highest BCUT2D eigenvalue weighted by Crippen LogP contribution is 2.40. The summed E-state index contributed by atoms with van der Waals surface area (Å²) in [4.78, 5) is 8.27. The second-order valence-corrected chi connectivity index (χ2v) is 7.19. The van der Waals surface area contributed by atoms with Gasteiger partial charge in [0.25, 0.3) is 0 Å². The van der Waals surface area contributed by atoms with Gasteiger partial charge in [-0.1, -0.05) is 54.6 Å². The Balaban J connectivity index is 1.51. The maximum Gasteiger partial charge on any atom is 0.175 e.